The third-order valence-electron chi connectivity index (χ3n) is 3.77. The first kappa shape index (κ1) is 12.2. The van der Waals surface area contributed by atoms with Gasteiger partial charge in [-0.25, -0.2) is 0 Å². The minimum atomic E-state index is 0.604. The third kappa shape index (κ3) is 2.79. The number of ether oxygens (including phenoxy) is 1. The molecular weight excluding hydrogens is 234 g/mol. The highest BCUT2D eigenvalue weighted by atomic mass is 16.5. The van der Waals surface area contributed by atoms with Crippen LogP contribution in [0.4, 0.5) is 0 Å². The van der Waals surface area contributed by atoms with Gasteiger partial charge in [0.1, 0.15) is 5.75 Å². The predicted molar refractivity (Wildman–Crippen MR) is 77.4 cm³/mol. The van der Waals surface area contributed by atoms with Gasteiger partial charge in [0.15, 0.2) is 0 Å². The Kier molecular flexibility index (Phi) is 3.51. The minimum Gasteiger partial charge on any atom is -0.496 e. The minimum absolute atomic E-state index is 0.604. The lowest BCUT2D eigenvalue weighted by molar-refractivity contribution is 0.407. The van der Waals surface area contributed by atoms with Crippen LogP contribution in [0.15, 0.2) is 54.6 Å². The van der Waals surface area contributed by atoms with Crippen molar-refractivity contribution in [1.82, 2.24) is 5.32 Å². The summed E-state index contributed by atoms with van der Waals surface area (Å²) >= 11 is 0. The summed E-state index contributed by atoms with van der Waals surface area (Å²) in [5.74, 6) is 1.64. The molecule has 1 saturated carbocycles. The van der Waals surface area contributed by atoms with Gasteiger partial charge < -0.3 is 10.1 Å². The van der Waals surface area contributed by atoms with E-state index in [0.717, 1.165) is 12.3 Å². The number of hydrogen-bond donors (Lipinski definition) is 1. The molecular formula is C17H19NO. The van der Waals surface area contributed by atoms with Gasteiger partial charge in [0.25, 0.3) is 0 Å². The van der Waals surface area contributed by atoms with Crippen molar-refractivity contribution in [1.29, 1.82) is 0 Å². The molecule has 2 atom stereocenters. The fourth-order valence-electron chi connectivity index (χ4n) is 2.58. The molecule has 2 aromatic rings. The third-order valence-corrected chi connectivity index (χ3v) is 3.77. The molecule has 98 valence electrons. The molecule has 3 rings (SSSR count). The monoisotopic (exact) mass is 253 g/mol. The molecule has 0 aromatic heterocycles. The van der Waals surface area contributed by atoms with Gasteiger partial charge in [-0.15, -0.1) is 0 Å². The SMILES string of the molecule is COc1ccccc1CNC1CC1c1ccccc1. The molecule has 1 N–H and O–H groups in total. The zero-order chi connectivity index (χ0) is 13.1. The first-order chi connectivity index (χ1) is 9.38. The van der Waals surface area contributed by atoms with E-state index in [2.05, 4.69) is 47.8 Å². The zero-order valence-electron chi connectivity index (χ0n) is 11.2. The largest absolute Gasteiger partial charge is 0.496 e. The normalized spacial score (nSPS) is 21.1. The summed E-state index contributed by atoms with van der Waals surface area (Å²) in [7, 11) is 1.72. The number of para-hydroxylation sites is 1. The Hall–Kier alpha value is -1.80. The van der Waals surface area contributed by atoms with Gasteiger partial charge in [0.2, 0.25) is 0 Å². The van der Waals surface area contributed by atoms with Crippen LogP contribution in [0.25, 0.3) is 0 Å². The van der Waals surface area contributed by atoms with Crippen molar-refractivity contribution >= 4 is 0 Å². The second kappa shape index (κ2) is 5.45. The van der Waals surface area contributed by atoms with E-state index in [0.29, 0.717) is 12.0 Å². The number of nitrogens with one attached hydrogen (secondary N) is 1. The molecule has 19 heavy (non-hydrogen) atoms. The summed E-state index contributed by atoms with van der Waals surface area (Å²) in [6.07, 6.45) is 1.24. The Morgan fingerprint density at radius 3 is 2.58 bits per heavy atom. The summed E-state index contributed by atoms with van der Waals surface area (Å²) in [5.41, 5.74) is 2.67. The van der Waals surface area contributed by atoms with Gasteiger partial charge in [-0.1, -0.05) is 48.5 Å². The summed E-state index contributed by atoms with van der Waals surface area (Å²) in [6, 6.07) is 19.5. The lowest BCUT2D eigenvalue weighted by Gasteiger charge is -2.09. The maximum absolute atomic E-state index is 5.37. The summed E-state index contributed by atoms with van der Waals surface area (Å²) in [5, 5.41) is 3.62. The Bertz CT molecular complexity index is 538. The van der Waals surface area contributed by atoms with Crippen LogP contribution in [-0.4, -0.2) is 13.2 Å². The average molecular weight is 253 g/mol. The predicted octanol–water partition coefficient (Wildman–Crippen LogP) is 3.34. The fraction of sp³-hybridized carbons (Fsp3) is 0.294. The molecule has 1 aliphatic rings. The van der Waals surface area contributed by atoms with Crippen LogP contribution in [0.5, 0.6) is 5.75 Å². The molecule has 0 radical (unpaired) electrons. The summed E-state index contributed by atoms with van der Waals surface area (Å²) in [4.78, 5) is 0. The molecule has 0 bridgehead atoms. The quantitative estimate of drug-likeness (QED) is 0.882. The second-order valence-electron chi connectivity index (χ2n) is 5.05. The van der Waals surface area contributed by atoms with Gasteiger partial charge in [-0.2, -0.15) is 0 Å². The summed E-state index contributed by atoms with van der Waals surface area (Å²) in [6.45, 7) is 0.873. The van der Waals surface area contributed by atoms with E-state index < -0.39 is 0 Å². The second-order valence-corrected chi connectivity index (χ2v) is 5.05. The first-order valence-corrected chi connectivity index (χ1v) is 6.78. The van der Waals surface area contributed by atoms with Crippen LogP contribution in [0.2, 0.25) is 0 Å². The zero-order valence-corrected chi connectivity index (χ0v) is 11.2. The van der Waals surface area contributed by atoms with Crippen molar-refractivity contribution < 1.29 is 4.74 Å². The smallest absolute Gasteiger partial charge is 0.123 e. The first-order valence-electron chi connectivity index (χ1n) is 6.78. The molecule has 0 aliphatic heterocycles. The van der Waals surface area contributed by atoms with E-state index in [1.807, 2.05) is 12.1 Å². The standard InChI is InChI=1S/C17H19NO/c1-19-17-10-6-5-9-14(17)12-18-16-11-15(16)13-7-3-2-4-8-13/h2-10,15-16,18H,11-12H2,1H3. The Morgan fingerprint density at radius 2 is 1.79 bits per heavy atom. The van der Waals surface area contributed by atoms with Crippen LogP contribution in [0, 0.1) is 0 Å². The van der Waals surface area contributed by atoms with E-state index in [-0.39, 0.29) is 0 Å². The number of benzene rings is 2. The van der Waals surface area contributed by atoms with Gasteiger partial charge >= 0.3 is 0 Å². The number of methoxy groups -OCH3 is 1. The molecule has 2 nitrogen and oxygen atoms in total. The summed E-state index contributed by atoms with van der Waals surface area (Å²) < 4.78 is 5.37. The number of rotatable bonds is 5. The maximum atomic E-state index is 5.37. The van der Waals surface area contributed by atoms with Crippen LogP contribution in [0.3, 0.4) is 0 Å². The van der Waals surface area contributed by atoms with Crippen LogP contribution >= 0.6 is 0 Å². The molecule has 0 saturated heterocycles. The lowest BCUT2D eigenvalue weighted by atomic mass is 10.1. The van der Waals surface area contributed by atoms with Crippen molar-refractivity contribution in [3.63, 3.8) is 0 Å². The van der Waals surface area contributed by atoms with Crippen molar-refractivity contribution in [2.45, 2.75) is 24.9 Å². The van der Waals surface area contributed by atoms with Crippen LogP contribution in [-0.2, 0) is 6.54 Å². The highest BCUT2D eigenvalue weighted by Crippen LogP contribution is 2.40. The Labute approximate surface area is 114 Å². The van der Waals surface area contributed by atoms with Crippen molar-refractivity contribution in [3.05, 3.63) is 65.7 Å². The van der Waals surface area contributed by atoms with Gasteiger partial charge in [0, 0.05) is 24.1 Å². The topological polar surface area (TPSA) is 21.3 Å². The van der Waals surface area contributed by atoms with Crippen molar-refractivity contribution in [3.8, 4) is 5.75 Å². The molecule has 0 amide bonds. The van der Waals surface area contributed by atoms with Gasteiger partial charge in [0.05, 0.1) is 7.11 Å². The maximum Gasteiger partial charge on any atom is 0.123 e. The van der Waals surface area contributed by atoms with E-state index in [1.165, 1.54) is 17.5 Å². The molecule has 1 aliphatic carbocycles. The Balaban J connectivity index is 1.57. The van der Waals surface area contributed by atoms with E-state index in [4.69, 9.17) is 4.74 Å². The van der Waals surface area contributed by atoms with E-state index in [1.54, 1.807) is 7.11 Å². The molecule has 0 spiro atoms. The average Bonchev–Trinajstić information content (AvgIpc) is 3.26. The van der Waals surface area contributed by atoms with E-state index in [9.17, 15) is 0 Å². The van der Waals surface area contributed by atoms with Crippen molar-refractivity contribution in [2.24, 2.45) is 0 Å². The highest BCUT2D eigenvalue weighted by Gasteiger charge is 2.37. The van der Waals surface area contributed by atoms with Crippen LogP contribution in [0.1, 0.15) is 23.5 Å². The van der Waals surface area contributed by atoms with E-state index >= 15 is 0 Å². The van der Waals surface area contributed by atoms with Crippen molar-refractivity contribution in [2.75, 3.05) is 7.11 Å². The molecule has 1 fully saturated rings. The van der Waals surface area contributed by atoms with Crippen LogP contribution < -0.4 is 10.1 Å². The van der Waals surface area contributed by atoms with Gasteiger partial charge in [-0.05, 0) is 18.1 Å². The molecule has 2 unspecified atom stereocenters. The lowest BCUT2D eigenvalue weighted by Crippen LogP contribution is -2.17. The molecule has 2 aromatic carbocycles. The fourth-order valence-corrected chi connectivity index (χ4v) is 2.58. The number of hydrogen-bond acceptors (Lipinski definition) is 2. The van der Waals surface area contributed by atoms with Gasteiger partial charge in [-0.3, -0.25) is 0 Å². The highest BCUT2D eigenvalue weighted by molar-refractivity contribution is 5.34. The Morgan fingerprint density at radius 1 is 1.05 bits per heavy atom. The molecule has 2 heteroatoms. The molecule has 0 heterocycles.